The fraction of sp³-hybridized carbons (Fsp3) is 0.500. The van der Waals surface area contributed by atoms with Gasteiger partial charge in [-0.05, 0) is 24.1 Å². The number of carbonyl (C=O) groups is 1. The molecule has 0 saturated carbocycles. The zero-order valence-corrected chi connectivity index (χ0v) is 12.1. The molecular formula is C14H23N3O2. The van der Waals surface area contributed by atoms with Crippen molar-refractivity contribution in [3.8, 4) is 0 Å². The highest BCUT2D eigenvalue weighted by atomic mass is 16.5. The summed E-state index contributed by atoms with van der Waals surface area (Å²) in [7, 11) is 5.13. The van der Waals surface area contributed by atoms with Gasteiger partial charge in [0.1, 0.15) is 0 Å². The van der Waals surface area contributed by atoms with Gasteiger partial charge in [-0.3, -0.25) is 4.79 Å². The maximum absolute atomic E-state index is 11.8. The quantitative estimate of drug-likeness (QED) is 0.768. The lowest BCUT2D eigenvalue weighted by molar-refractivity contribution is 0.0827. The summed E-state index contributed by atoms with van der Waals surface area (Å²) in [5.74, 6) is 0.346. The van der Waals surface area contributed by atoms with Crippen LogP contribution in [0.25, 0.3) is 0 Å². The fourth-order valence-electron chi connectivity index (χ4n) is 1.74. The molecule has 0 aromatic heterocycles. The Labute approximate surface area is 114 Å². The molecule has 1 amide bonds. The zero-order valence-electron chi connectivity index (χ0n) is 12.1. The van der Waals surface area contributed by atoms with Crippen LogP contribution in [0.3, 0.4) is 0 Å². The minimum absolute atomic E-state index is 0.0500. The first-order valence-corrected chi connectivity index (χ1v) is 6.29. The SMILES string of the molecule is COCC(C)CNc1ccc(C(=O)N(C)C)cc1N. The second kappa shape index (κ2) is 6.99. The van der Waals surface area contributed by atoms with Crippen LogP contribution in [0.2, 0.25) is 0 Å². The van der Waals surface area contributed by atoms with Gasteiger partial charge in [0.2, 0.25) is 0 Å². The second-order valence-electron chi connectivity index (χ2n) is 4.94. The summed E-state index contributed by atoms with van der Waals surface area (Å²) in [6.45, 7) is 3.57. The number of rotatable bonds is 6. The van der Waals surface area contributed by atoms with Gasteiger partial charge >= 0.3 is 0 Å². The van der Waals surface area contributed by atoms with E-state index in [0.29, 0.717) is 23.8 Å². The van der Waals surface area contributed by atoms with Crippen molar-refractivity contribution in [2.75, 3.05) is 45.4 Å². The first kappa shape index (κ1) is 15.3. The van der Waals surface area contributed by atoms with Gasteiger partial charge in [-0.1, -0.05) is 6.92 Å². The Hall–Kier alpha value is -1.75. The predicted octanol–water partition coefficient (Wildman–Crippen LogP) is 1.67. The number of benzene rings is 1. The van der Waals surface area contributed by atoms with E-state index in [1.807, 2.05) is 6.07 Å². The number of nitrogens with one attached hydrogen (secondary N) is 1. The maximum Gasteiger partial charge on any atom is 0.253 e. The van der Waals surface area contributed by atoms with E-state index in [1.54, 1.807) is 33.3 Å². The van der Waals surface area contributed by atoms with Gasteiger partial charge in [0.25, 0.3) is 5.91 Å². The highest BCUT2D eigenvalue weighted by molar-refractivity contribution is 5.95. The minimum Gasteiger partial charge on any atom is -0.397 e. The van der Waals surface area contributed by atoms with E-state index in [-0.39, 0.29) is 5.91 Å². The van der Waals surface area contributed by atoms with Crippen LogP contribution in [-0.2, 0) is 4.74 Å². The Bertz CT molecular complexity index is 433. The molecule has 1 aromatic carbocycles. The molecule has 5 nitrogen and oxygen atoms in total. The zero-order chi connectivity index (χ0) is 14.4. The smallest absolute Gasteiger partial charge is 0.253 e. The van der Waals surface area contributed by atoms with Crippen LogP contribution in [0.15, 0.2) is 18.2 Å². The molecule has 1 unspecified atom stereocenters. The molecule has 0 aliphatic carbocycles. The topological polar surface area (TPSA) is 67.6 Å². The van der Waals surface area contributed by atoms with E-state index < -0.39 is 0 Å². The van der Waals surface area contributed by atoms with Crippen molar-refractivity contribution in [1.29, 1.82) is 0 Å². The number of carbonyl (C=O) groups excluding carboxylic acids is 1. The average molecular weight is 265 g/mol. The highest BCUT2D eigenvalue weighted by Gasteiger charge is 2.10. The Balaban J connectivity index is 2.70. The lowest BCUT2D eigenvalue weighted by atomic mass is 10.1. The summed E-state index contributed by atoms with van der Waals surface area (Å²) >= 11 is 0. The van der Waals surface area contributed by atoms with E-state index in [4.69, 9.17) is 10.5 Å². The molecule has 19 heavy (non-hydrogen) atoms. The number of nitrogens with zero attached hydrogens (tertiary/aromatic N) is 1. The van der Waals surface area contributed by atoms with Crippen LogP contribution in [0, 0.1) is 5.92 Å². The standard InChI is InChI=1S/C14H23N3O2/c1-10(9-19-4)8-16-13-6-5-11(7-12(13)15)14(18)17(2)3/h5-7,10,16H,8-9,15H2,1-4H3. The Kier molecular flexibility index (Phi) is 5.63. The Morgan fingerprint density at radius 1 is 1.47 bits per heavy atom. The van der Waals surface area contributed by atoms with Gasteiger partial charge in [-0.2, -0.15) is 0 Å². The molecule has 0 saturated heterocycles. The number of hydrogen-bond donors (Lipinski definition) is 2. The molecule has 1 aromatic rings. The summed E-state index contributed by atoms with van der Waals surface area (Å²) in [5, 5.41) is 3.26. The van der Waals surface area contributed by atoms with Crippen molar-refractivity contribution < 1.29 is 9.53 Å². The molecular weight excluding hydrogens is 242 g/mol. The summed E-state index contributed by atoms with van der Waals surface area (Å²) in [4.78, 5) is 13.3. The van der Waals surface area contributed by atoms with Crippen LogP contribution in [-0.4, -0.2) is 45.2 Å². The normalized spacial score (nSPS) is 12.0. The molecule has 0 heterocycles. The molecule has 0 aliphatic heterocycles. The summed E-state index contributed by atoms with van der Waals surface area (Å²) in [6.07, 6.45) is 0. The number of amides is 1. The van der Waals surface area contributed by atoms with Crippen LogP contribution < -0.4 is 11.1 Å². The monoisotopic (exact) mass is 265 g/mol. The summed E-state index contributed by atoms with van der Waals surface area (Å²) < 4.78 is 5.08. The average Bonchev–Trinajstić information content (AvgIpc) is 2.36. The third-order valence-corrected chi connectivity index (χ3v) is 2.80. The van der Waals surface area contributed by atoms with E-state index >= 15 is 0 Å². The van der Waals surface area contributed by atoms with Gasteiger partial charge in [-0.25, -0.2) is 0 Å². The molecule has 0 radical (unpaired) electrons. The molecule has 0 spiro atoms. The Morgan fingerprint density at radius 2 is 2.16 bits per heavy atom. The van der Waals surface area contributed by atoms with Crippen molar-refractivity contribution in [2.24, 2.45) is 5.92 Å². The predicted molar refractivity (Wildman–Crippen MR) is 78.4 cm³/mol. The van der Waals surface area contributed by atoms with Gasteiger partial charge in [0.15, 0.2) is 0 Å². The van der Waals surface area contributed by atoms with Gasteiger partial charge in [0.05, 0.1) is 18.0 Å². The number of anilines is 2. The van der Waals surface area contributed by atoms with Crippen LogP contribution in [0.1, 0.15) is 17.3 Å². The molecule has 106 valence electrons. The molecule has 3 N–H and O–H groups in total. The fourth-order valence-corrected chi connectivity index (χ4v) is 1.74. The van der Waals surface area contributed by atoms with Crippen molar-refractivity contribution >= 4 is 17.3 Å². The van der Waals surface area contributed by atoms with Crippen molar-refractivity contribution in [3.63, 3.8) is 0 Å². The Morgan fingerprint density at radius 3 is 2.68 bits per heavy atom. The number of hydrogen-bond acceptors (Lipinski definition) is 4. The highest BCUT2D eigenvalue weighted by Crippen LogP contribution is 2.20. The number of nitrogen functional groups attached to an aromatic ring is 1. The third-order valence-electron chi connectivity index (χ3n) is 2.80. The molecule has 1 atom stereocenters. The first-order chi connectivity index (χ1) is 8.95. The van der Waals surface area contributed by atoms with Gasteiger partial charge in [-0.15, -0.1) is 0 Å². The maximum atomic E-state index is 11.8. The van der Waals surface area contributed by atoms with Crippen LogP contribution in [0.5, 0.6) is 0 Å². The third kappa shape index (κ3) is 4.44. The minimum atomic E-state index is -0.0500. The number of methoxy groups -OCH3 is 1. The van der Waals surface area contributed by atoms with Gasteiger partial charge in [0, 0.05) is 33.3 Å². The summed E-state index contributed by atoms with van der Waals surface area (Å²) in [5.41, 5.74) is 7.98. The second-order valence-corrected chi connectivity index (χ2v) is 4.94. The molecule has 0 aliphatic rings. The largest absolute Gasteiger partial charge is 0.397 e. The van der Waals surface area contributed by atoms with Crippen molar-refractivity contribution in [2.45, 2.75) is 6.92 Å². The number of ether oxygens (including phenoxy) is 1. The number of nitrogens with two attached hydrogens (primary N) is 1. The lowest BCUT2D eigenvalue weighted by Gasteiger charge is -2.15. The molecule has 0 fully saturated rings. The lowest BCUT2D eigenvalue weighted by Crippen LogP contribution is -2.22. The first-order valence-electron chi connectivity index (χ1n) is 6.29. The van der Waals surface area contributed by atoms with E-state index in [9.17, 15) is 4.79 Å². The molecule has 0 bridgehead atoms. The van der Waals surface area contributed by atoms with Crippen molar-refractivity contribution in [1.82, 2.24) is 4.90 Å². The van der Waals surface area contributed by atoms with E-state index in [0.717, 1.165) is 12.2 Å². The van der Waals surface area contributed by atoms with Gasteiger partial charge < -0.3 is 20.7 Å². The van der Waals surface area contributed by atoms with E-state index in [2.05, 4.69) is 12.2 Å². The van der Waals surface area contributed by atoms with Crippen LogP contribution >= 0.6 is 0 Å². The molecule has 1 rings (SSSR count). The van der Waals surface area contributed by atoms with Crippen LogP contribution in [0.4, 0.5) is 11.4 Å². The van der Waals surface area contributed by atoms with Crippen molar-refractivity contribution in [3.05, 3.63) is 23.8 Å². The molecule has 5 heteroatoms. The summed E-state index contributed by atoms with van der Waals surface area (Å²) in [6, 6.07) is 5.32. The van der Waals surface area contributed by atoms with E-state index in [1.165, 1.54) is 4.90 Å².